The van der Waals surface area contributed by atoms with Crippen molar-refractivity contribution in [2.24, 2.45) is 0 Å². The molecule has 0 spiro atoms. The minimum Gasteiger partial charge on any atom is -0.290 e. The number of hydrogen-bond acceptors (Lipinski definition) is 3. The number of aromatic nitrogens is 4. The van der Waals surface area contributed by atoms with Gasteiger partial charge in [0.15, 0.2) is 0 Å². The summed E-state index contributed by atoms with van der Waals surface area (Å²) in [5.41, 5.74) is 0.714. The van der Waals surface area contributed by atoms with Crippen LogP contribution in [0.4, 0.5) is 0 Å². The van der Waals surface area contributed by atoms with Gasteiger partial charge in [-0.3, -0.25) is 14.0 Å². The number of halogens is 1. The lowest BCUT2D eigenvalue weighted by atomic mass is 10.3. The van der Waals surface area contributed by atoms with Gasteiger partial charge in [-0.2, -0.15) is 5.10 Å². The van der Waals surface area contributed by atoms with Gasteiger partial charge in [-0.1, -0.05) is 25.4 Å². The van der Waals surface area contributed by atoms with Crippen LogP contribution in [0.1, 0.15) is 44.8 Å². The Labute approximate surface area is 123 Å². The van der Waals surface area contributed by atoms with E-state index in [0.29, 0.717) is 24.8 Å². The van der Waals surface area contributed by atoms with Gasteiger partial charge < -0.3 is 0 Å². The minimum atomic E-state index is -0.139. The first-order valence-corrected chi connectivity index (χ1v) is 7.23. The van der Waals surface area contributed by atoms with E-state index in [1.807, 2.05) is 23.9 Å². The molecule has 0 saturated heterocycles. The average molecular weight is 295 g/mol. The standard InChI is InChI=1S/C14H19ClN4O/c1-4-10(3)19-7-6-11(17-19)9-18-13(5-2)16-12(15)8-14(18)20/h6-8,10H,4-5,9H2,1-3H3. The first-order chi connectivity index (χ1) is 9.55. The first-order valence-electron chi connectivity index (χ1n) is 6.85. The smallest absolute Gasteiger partial charge is 0.255 e. The molecule has 0 fully saturated rings. The first kappa shape index (κ1) is 14.8. The van der Waals surface area contributed by atoms with Crippen LogP contribution in [0.5, 0.6) is 0 Å². The summed E-state index contributed by atoms with van der Waals surface area (Å²) in [6.07, 6.45) is 3.62. The molecule has 2 rings (SSSR count). The topological polar surface area (TPSA) is 52.7 Å². The Morgan fingerprint density at radius 3 is 2.80 bits per heavy atom. The highest BCUT2D eigenvalue weighted by Gasteiger charge is 2.10. The van der Waals surface area contributed by atoms with Crippen LogP contribution in [0.15, 0.2) is 23.1 Å². The summed E-state index contributed by atoms with van der Waals surface area (Å²) in [4.78, 5) is 16.2. The van der Waals surface area contributed by atoms with Crippen LogP contribution in [-0.2, 0) is 13.0 Å². The van der Waals surface area contributed by atoms with E-state index in [1.165, 1.54) is 6.07 Å². The SMILES string of the molecule is CCc1nc(Cl)cc(=O)n1Cc1ccn(C(C)CC)n1. The Morgan fingerprint density at radius 1 is 1.40 bits per heavy atom. The van der Waals surface area contributed by atoms with Gasteiger partial charge in [0, 0.05) is 24.7 Å². The molecule has 1 unspecified atom stereocenters. The quantitative estimate of drug-likeness (QED) is 0.797. The fraction of sp³-hybridized carbons (Fsp3) is 0.500. The Balaban J connectivity index is 2.30. The lowest BCUT2D eigenvalue weighted by molar-refractivity contribution is 0.471. The van der Waals surface area contributed by atoms with Crippen molar-refractivity contribution in [1.29, 1.82) is 0 Å². The Bertz CT molecular complexity index is 647. The van der Waals surface area contributed by atoms with E-state index in [-0.39, 0.29) is 10.7 Å². The third-order valence-corrected chi connectivity index (χ3v) is 3.59. The molecule has 2 heterocycles. The van der Waals surface area contributed by atoms with E-state index in [0.717, 1.165) is 12.1 Å². The van der Waals surface area contributed by atoms with Crippen molar-refractivity contribution in [3.63, 3.8) is 0 Å². The van der Waals surface area contributed by atoms with Crippen LogP contribution in [0.3, 0.4) is 0 Å². The highest BCUT2D eigenvalue weighted by Crippen LogP contribution is 2.10. The Kier molecular flexibility index (Phi) is 4.60. The van der Waals surface area contributed by atoms with Gasteiger partial charge in [0.05, 0.1) is 12.2 Å². The average Bonchev–Trinajstić information content (AvgIpc) is 2.89. The molecule has 108 valence electrons. The van der Waals surface area contributed by atoms with Crippen LogP contribution in [0.2, 0.25) is 5.15 Å². The van der Waals surface area contributed by atoms with Gasteiger partial charge in [0.1, 0.15) is 11.0 Å². The summed E-state index contributed by atoms with van der Waals surface area (Å²) in [7, 11) is 0. The lowest BCUT2D eigenvalue weighted by Crippen LogP contribution is -2.25. The molecule has 5 nitrogen and oxygen atoms in total. The fourth-order valence-corrected chi connectivity index (χ4v) is 2.21. The molecule has 0 N–H and O–H groups in total. The van der Waals surface area contributed by atoms with Crippen molar-refractivity contribution in [2.45, 2.75) is 46.2 Å². The van der Waals surface area contributed by atoms with Crippen LogP contribution in [0.25, 0.3) is 0 Å². The van der Waals surface area contributed by atoms with Crippen molar-refractivity contribution in [2.75, 3.05) is 0 Å². The molecular weight excluding hydrogens is 276 g/mol. The number of aryl methyl sites for hydroxylation is 1. The van der Waals surface area contributed by atoms with Crippen LogP contribution in [-0.4, -0.2) is 19.3 Å². The van der Waals surface area contributed by atoms with Gasteiger partial charge in [-0.25, -0.2) is 4.98 Å². The van der Waals surface area contributed by atoms with Crippen LogP contribution >= 0.6 is 11.6 Å². The van der Waals surface area contributed by atoms with Crippen molar-refractivity contribution < 1.29 is 0 Å². The molecule has 0 radical (unpaired) electrons. The molecule has 0 aliphatic rings. The largest absolute Gasteiger partial charge is 0.290 e. The molecule has 1 atom stereocenters. The van der Waals surface area contributed by atoms with E-state index in [4.69, 9.17) is 11.6 Å². The number of rotatable bonds is 5. The zero-order chi connectivity index (χ0) is 14.7. The zero-order valence-corrected chi connectivity index (χ0v) is 12.8. The molecule has 0 bridgehead atoms. The van der Waals surface area contributed by atoms with E-state index in [2.05, 4.69) is 23.9 Å². The molecule has 6 heteroatoms. The van der Waals surface area contributed by atoms with Gasteiger partial charge in [0.2, 0.25) is 0 Å². The third kappa shape index (κ3) is 3.10. The fourth-order valence-electron chi connectivity index (χ4n) is 2.02. The second-order valence-corrected chi connectivity index (χ2v) is 5.20. The second kappa shape index (κ2) is 6.22. The summed E-state index contributed by atoms with van der Waals surface area (Å²) in [6.45, 7) is 6.61. The molecule has 0 aliphatic heterocycles. The van der Waals surface area contributed by atoms with Gasteiger partial charge in [-0.15, -0.1) is 0 Å². The lowest BCUT2D eigenvalue weighted by Gasteiger charge is -2.10. The summed E-state index contributed by atoms with van der Waals surface area (Å²) < 4.78 is 3.55. The molecule has 20 heavy (non-hydrogen) atoms. The molecule has 0 amide bonds. The summed E-state index contributed by atoms with van der Waals surface area (Å²) >= 11 is 5.82. The van der Waals surface area contributed by atoms with Crippen LogP contribution in [0, 0.1) is 0 Å². The van der Waals surface area contributed by atoms with Gasteiger partial charge in [-0.05, 0) is 19.4 Å². The van der Waals surface area contributed by atoms with Gasteiger partial charge >= 0.3 is 0 Å². The predicted octanol–water partition coefficient (Wildman–Crippen LogP) is 2.67. The van der Waals surface area contributed by atoms with Crippen LogP contribution < -0.4 is 5.56 Å². The molecular formula is C14H19ClN4O. The maximum Gasteiger partial charge on any atom is 0.255 e. The molecule has 2 aromatic rings. The van der Waals surface area contributed by atoms with E-state index in [9.17, 15) is 4.79 Å². The molecule has 0 aromatic carbocycles. The van der Waals surface area contributed by atoms with E-state index in [1.54, 1.807) is 4.57 Å². The highest BCUT2D eigenvalue weighted by atomic mass is 35.5. The molecule has 2 aromatic heterocycles. The van der Waals surface area contributed by atoms with Crippen molar-refractivity contribution >= 4 is 11.6 Å². The van der Waals surface area contributed by atoms with Crippen molar-refractivity contribution in [3.8, 4) is 0 Å². The third-order valence-electron chi connectivity index (χ3n) is 3.40. The van der Waals surface area contributed by atoms with Crippen molar-refractivity contribution in [3.05, 3.63) is 45.4 Å². The van der Waals surface area contributed by atoms with E-state index >= 15 is 0 Å². The summed E-state index contributed by atoms with van der Waals surface area (Å²) in [5, 5.41) is 4.76. The molecule has 0 aliphatic carbocycles. The summed E-state index contributed by atoms with van der Waals surface area (Å²) in [6, 6.07) is 3.63. The minimum absolute atomic E-state index is 0.139. The monoisotopic (exact) mass is 294 g/mol. The second-order valence-electron chi connectivity index (χ2n) is 4.82. The zero-order valence-electron chi connectivity index (χ0n) is 12.0. The van der Waals surface area contributed by atoms with Crippen molar-refractivity contribution in [1.82, 2.24) is 19.3 Å². The Hall–Kier alpha value is -1.62. The van der Waals surface area contributed by atoms with E-state index < -0.39 is 0 Å². The normalized spacial score (nSPS) is 12.6. The Morgan fingerprint density at radius 2 is 2.15 bits per heavy atom. The van der Waals surface area contributed by atoms with Gasteiger partial charge in [0.25, 0.3) is 5.56 Å². The number of hydrogen-bond donors (Lipinski definition) is 0. The number of nitrogens with zero attached hydrogens (tertiary/aromatic N) is 4. The molecule has 0 saturated carbocycles. The highest BCUT2D eigenvalue weighted by molar-refractivity contribution is 6.29. The maximum atomic E-state index is 12.0. The summed E-state index contributed by atoms with van der Waals surface area (Å²) in [5.74, 6) is 0.681. The predicted molar refractivity (Wildman–Crippen MR) is 79.2 cm³/mol. The maximum absolute atomic E-state index is 12.0.